The average molecular weight is 289 g/mol. The number of hydrogen-bond donors (Lipinski definition) is 1. The zero-order chi connectivity index (χ0) is 15.1. The van der Waals surface area contributed by atoms with E-state index in [9.17, 15) is 4.79 Å². The fraction of sp³-hybridized carbons (Fsp3) is 0.611. The Hall–Kier alpha value is -1.19. The predicted octanol–water partition coefficient (Wildman–Crippen LogP) is 3.34. The van der Waals surface area contributed by atoms with Gasteiger partial charge in [-0.3, -0.25) is 0 Å². The van der Waals surface area contributed by atoms with Crippen LogP contribution < -0.4 is 9.80 Å². The molecule has 21 heavy (non-hydrogen) atoms. The van der Waals surface area contributed by atoms with Crippen molar-refractivity contribution in [2.45, 2.75) is 39.5 Å². The number of hydrogen-bond acceptors (Lipinski definition) is 2. The minimum atomic E-state index is 0.197. The van der Waals surface area contributed by atoms with Crippen molar-refractivity contribution < 1.29 is 4.79 Å². The summed E-state index contributed by atoms with van der Waals surface area (Å²) in [7, 11) is 0. The Morgan fingerprint density at radius 1 is 1.19 bits per heavy atom. The molecule has 1 saturated heterocycles. The highest BCUT2D eigenvalue weighted by atomic mass is 16.2. The summed E-state index contributed by atoms with van der Waals surface area (Å²) in [4.78, 5) is 13.3. The van der Waals surface area contributed by atoms with Crippen LogP contribution in [0.4, 0.5) is 5.69 Å². The molecular formula is C18H29N2O+. The lowest BCUT2D eigenvalue weighted by Gasteiger charge is -2.40. The van der Waals surface area contributed by atoms with Crippen LogP contribution in [0.1, 0.15) is 39.5 Å². The minimum Gasteiger partial charge on any atom is -0.306 e. The number of rotatable bonds is 6. The molecule has 1 aromatic rings. The third kappa shape index (κ3) is 3.53. The second kappa shape index (κ2) is 7.71. The van der Waals surface area contributed by atoms with Gasteiger partial charge >= 0.3 is 5.91 Å². The van der Waals surface area contributed by atoms with Gasteiger partial charge in [0.25, 0.3) is 0 Å². The first kappa shape index (κ1) is 16.2. The van der Waals surface area contributed by atoms with Gasteiger partial charge in [0.1, 0.15) is 18.8 Å². The monoisotopic (exact) mass is 289 g/mol. The topological polar surface area (TPSA) is 29.1 Å². The fourth-order valence-electron chi connectivity index (χ4n) is 3.40. The van der Waals surface area contributed by atoms with E-state index in [1.54, 1.807) is 0 Å². The van der Waals surface area contributed by atoms with Gasteiger partial charge in [0.05, 0.1) is 5.92 Å². The zero-order valence-corrected chi connectivity index (χ0v) is 13.5. The number of amides is 1. The molecule has 1 aromatic carbocycles. The second-order valence-corrected chi connectivity index (χ2v) is 6.09. The van der Waals surface area contributed by atoms with E-state index in [1.165, 1.54) is 5.69 Å². The minimum absolute atomic E-state index is 0.197. The highest BCUT2D eigenvalue weighted by molar-refractivity contribution is 5.90. The molecule has 1 amide bonds. The molecule has 1 fully saturated rings. The molecule has 1 aliphatic rings. The Morgan fingerprint density at radius 3 is 2.43 bits per heavy atom. The molecule has 1 N–H and O–H groups in total. The number of para-hydroxylation sites is 1. The second-order valence-electron chi connectivity index (χ2n) is 6.09. The number of carbonyl (C=O) groups is 1. The summed E-state index contributed by atoms with van der Waals surface area (Å²) >= 11 is 0. The molecule has 0 aromatic heterocycles. The van der Waals surface area contributed by atoms with Crippen molar-refractivity contribution in [1.82, 2.24) is 9.80 Å². The van der Waals surface area contributed by atoms with Crippen LogP contribution >= 0.6 is 0 Å². The van der Waals surface area contributed by atoms with Crippen LogP contribution in [0.2, 0.25) is 0 Å². The first-order valence-corrected chi connectivity index (χ1v) is 8.42. The number of carbonyl (C=O) groups excluding carboxylic acids is 1. The van der Waals surface area contributed by atoms with Crippen LogP contribution in [-0.2, 0) is 4.79 Å². The molecule has 1 aliphatic heterocycles. The Kier molecular flexibility index (Phi) is 5.95. The van der Waals surface area contributed by atoms with E-state index < -0.39 is 0 Å². The lowest BCUT2D eigenvalue weighted by Crippen LogP contribution is -2.64. The number of nitrogens with one attached hydrogen (secondary N) is 1. The van der Waals surface area contributed by atoms with Gasteiger partial charge in [-0.15, -0.1) is 0 Å². The molecule has 0 radical (unpaired) electrons. The van der Waals surface area contributed by atoms with E-state index in [0.717, 1.165) is 51.9 Å². The van der Waals surface area contributed by atoms with Crippen LogP contribution in [0.25, 0.3) is 0 Å². The first-order valence-electron chi connectivity index (χ1n) is 8.42. The summed E-state index contributed by atoms with van der Waals surface area (Å²) in [6, 6.07) is 10.4. The molecule has 1 unspecified atom stereocenters. The number of quaternary nitrogens is 1. The van der Waals surface area contributed by atoms with E-state index in [0.29, 0.717) is 10.4 Å². The maximum absolute atomic E-state index is 13.3. The third-order valence-electron chi connectivity index (χ3n) is 4.76. The first-order chi connectivity index (χ1) is 10.2. The summed E-state index contributed by atoms with van der Waals surface area (Å²) in [5.41, 5.74) is 1.17. The van der Waals surface area contributed by atoms with Gasteiger partial charge in [0, 0.05) is 13.1 Å². The largest absolute Gasteiger partial charge is 0.321 e. The molecule has 3 heteroatoms. The molecule has 0 aliphatic carbocycles. The van der Waals surface area contributed by atoms with Gasteiger partial charge in [-0.1, -0.05) is 44.9 Å². The Bertz CT molecular complexity index is 438. The van der Waals surface area contributed by atoms with Gasteiger partial charge in [-0.05, 0) is 25.0 Å². The van der Waals surface area contributed by atoms with Crippen LogP contribution in [-0.4, -0.2) is 32.1 Å². The van der Waals surface area contributed by atoms with Crippen molar-refractivity contribution in [3.63, 3.8) is 0 Å². The van der Waals surface area contributed by atoms with Gasteiger partial charge in [-0.25, -0.2) is 9.28 Å². The van der Waals surface area contributed by atoms with Crippen molar-refractivity contribution in [1.29, 1.82) is 0 Å². The van der Waals surface area contributed by atoms with Crippen LogP contribution in [0, 0.1) is 5.92 Å². The molecule has 0 bridgehead atoms. The number of unbranched alkanes of at least 4 members (excludes halogenated alkanes) is 1. The maximum Gasteiger partial charge on any atom is 0.321 e. The SMILES string of the molecule is CCCCC(CC)C(=O)[N+]1(c2ccccc2)CCNCC1. The molecule has 0 saturated carbocycles. The number of piperazine rings is 1. The van der Waals surface area contributed by atoms with Gasteiger partial charge in [0.15, 0.2) is 0 Å². The van der Waals surface area contributed by atoms with E-state index in [2.05, 4.69) is 43.4 Å². The van der Waals surface area contributed by atoms with Crippen molar-refractivity contribution in [3.8, 4) is 0 Å². The summed E-state index contributed by atoms with van der Waals surface area (Å²) in [5.74, 6) is 0.627. The van der Waals surface area contributed by atoms with Crippen molar-refractivity contribution in [3.05, 3.63) is 30.3 Å². The quantitative estimate of drug-likeness (QED) is 0.814. The van der Waals surface area contributed by atoms with Crippen LogP contribution in [0.3, 0.4) is 0 Å². The van der Waals surface area contributed by atoms with Gasteiger partial charge in [-0.2, -0.15) is 0 Å². The van der Waals surface area contributed by atoms with Crippen molar-refractivity contribution in [2.24, 2.45) is 5.92 Å². The molecular weight excluding hydrogens is 260 g/mol. The van der Waals surface area contributed by atoms with Crippen molar-refractivity contribution in [2.75, 3.05) is 26.2 Å². The zero-order valence-electron chi connectivity index (χ0n) is 13.5. The molecule has 0 spiro atoms. The van der Waals surface area contributed by atoms with E-state index in [1.807, 2.05) is 6.07 Å². The lowest BCUT2D eigenvalue weighted by molar-refractivity contribution is -0.135. The van der Waals surface area contributed by atoms with Crippen LogP contribution in [0.5, 0.6) is 0 Å². The number of nitrogens with zero attached hydrogens (tertiary/aromatic N) is 1. The summed E-state index contributed by atoms with van der Waals surface area (Å²) in [5, 5.41) is 3.40. The summed E-state index contributed by atoms with van der Waals surface area (Å²) in [6.45, 7) is 7.96. The average Bonchev–Trinajstić information content (AvgIpc) is 2.56. The fourth-order valence-corrected chi connectivity index (χ4v) is 3.40. The highest BCUT2D eigenvalue weighted by Gasteiger charge is 2.43. The Labute approximate surface area is 128 Å². The standard InChI is InChI=1S/C18H29N2O/c1-3-5-9-16(4-2)18(21)20(14-12-19-13-15-20)17-10-7-6-8-11-17/h6-8,10-11,16,19H,3-5,9,12-15H2,1-2H3/q+1. The normalized spacial score (nSPS) is 19.1. The summed E-state index contributed by atoms with van der Waals surface area (Å²) in [6.07, 6.45) is 4.30. The Balaban J connectivity index is 2.29. The van der Waals surface area contributed by atoms with Crippen LogP contribution in [0.15, 0.2) is 30.3 Å². The molecule has 1 heterocycles. The molecule has 116 valence electrons. The summed E-state index contributed by atoms with van der Waals surface area (Å²) < 4.78 is 0.538. The Morgan fingerprint density at radius 2 is 1.86 bits per heavy atom. The van der Waals surface area contributed by atoms with E-state index in [4.69, 9.17) is 0 Å². The predicted molar refractivity (Wildman–Crippen MR) is 89.2 cm³/mol. The van der Waals surface area contributed by atoms with Gasteiger partial charge < -0.3 is 5.32 Å². The third-order valence-corrected chi connectivity index (χ3v) is 4.76. The molecule has 3 nitrogen and oxygen atoms in total. The molecule has 1 atom stereocenters. The highest BCUT2D eigenvalue weighted by Crippen LogP contribution is 2.29. The smallest absolute Gasteiger partial charge is 0.306 e. The van der Waals surface area contributed by atoms with E-state index >= 15 is 0 Å². The van der Waals surface area contributed by atoms with Gasteiger partial charge in [0.2, 0.25) is 0 Å². The van der Waals surface area contributed by atoms with Crippen molar-refractivity contribution >= 4 is 11.6 Å². The molecule has 2 rings (SSSR count). The van der Waals surface area contributed by atoms with E-state index in [-0.39, 0.29) is 5.92 Å². The number of benzene rings is 1. The lowest BCUT2D eigenvalue weighted by atomic mass is 9.95. The maximum atomic E-state index is 13.3.